The van der Waals surface area contributed by atoms with Gasteiger partial charge in [0, 0.05) is 58.2 Å². The van der Waals surface area contributed by atoms with Crippen molar-refractivity contribution in [1.82, 2.24) is 25.1 Å². The first-order chi connectivity index (χ1) is 12.8. The van der Waals surface area contributed by atoms with E-state index in [1.54, 1.807) is 0 Å². The molecule has 1 aromatic heterocycles. The van der Waals surface area contributed by atoms with Crippen molar-refractivity contribution in [2.24, 2.45) is 10.9 Å². The Kier molecular flexibility index (Phi) is 7.05. The van der Waals surface area contributed by atoms with Crippen LogP contribution in [0.5, 0.6) is 0 Å². The minimum atomic E-state index is 0.827. The molecule has 0 aliphatic carbocycles. The van der Waals surface area contributed by atoms with E-state index in [0.29, 0.717) is 0 Å². The number of hydrogen-bond acceptors (Lipinski definition) is 5. The number of aromatic nitrogens is 2. The van der Waals surface area contributed by atoms with E-state index < -0.39 is 0 Å². The molecule has 26 heavy (non-hydrogen) atoms. The van der Waals surface area contributed by atoms with Crippen LogP contribution in [0.1, 0.15) is 26.7 Å². The number of anilines is 1. The van der Waals surface area contributed by atoms with Crippen LogP contribution in [0.2, 0.25) is 0 Å². The van der Waals surface area contributed by atoms with Gasteiger partial charge in [0.25, 0.3) is 0 Å². The predicted molar refractivity (Wildman–Crippen MR) is 107 cm³/mol. The van der Waals surface area contributed by atoms with Crippen LogP contribution in [0, 0.1) is 5.92 Å². The summed E-state index contributed by atoms with van der Waals surface area (Å²) in [6.45, 7) is 13.5. The van der Waals surface area contributed by atoms with E-state index in [1.165, 1.54) is 25.9 Å². The lowest BCUT2D eigenvalue weighted by atomic mass is 10.0. The van der Waals surface area contributed by atoms with Gasteiger partial charge in [-0.2, -0.15) is 0 Å². The summed E-state index contributed by atoms with van der Waals surface area (Å²) < 4.78 is 0. The van der Waals surface area contributed by atoms with E-state index in [4.69, 9.17) is 4.99 Å². The van der Waals surface area contributed by atoms with Gasteiger partial charge in [-0.3, -0.25) is 4.99 Å². The van der Waals surface area contributed by atoms with Crippen molar-refractivity contribution < 1.29 is 0 Å². The van der Waals surface area contributed by atoms with Gasteiger partial charge in [0.1, 0.15) is 0 Å². The molecule has 0 aromatic carbocycles. The molecule has 1 aromatic rings. The van der Waals surface area contributed by atoms with Gasteiger partial charge in [-0.1, -0.05) is 6.92 Å². The molecule has 0 bridgehead atoms. The van der Waals surface area contributed by atoms with Crippen LogP contribution in [0.3, 0.4) is 0 Å². The predicted octanol–water partition coefficient (Wildman–Crippen LogP) is 1.30. The van der Waals surface area contributed by atoms with Gasteiger partial charge in [0.05, 0.1) is 6.54 Å². The van der Waals surface area contributed by atoms with Crippen LogP contribution in [0.4, 0.5) is 5.95 Å². The molecule has 2 aliphatic rings. The van der Waals surface area contributed by atoms with Crippen molar-refractivity contribution in [2.45, 2.75) is 26.7 Å². The summed E-state index contributed by atoms with van der Waals surface area (Å²) in [6, 6.07) is 1.86. The average Bonchev–Trinajstić information content (AvgIpc) is 2.68. The Morgan fingerprint density at radius 2 is 1.96 bits per heavy atom. The molecule has 0 spiro atoms. The fourth-order valence-electron chi connectivity index (χ4n) is 3.79. The molecule has 1 N–H and O–H groups in total. The molecule has 2 aliphatic heterocycles. The molecular formula is C19H33N7. The zero-order valence-electron chi connectivity index (χ0n) is 16.3. The van der Waals surface area contributed by atoms with Crippen LogP contribution in [0.25, 0.3) is 0 Å². The Morgan fingerprint density at radius 3 is 2.65 bits per heavy atom. The summed E-state index contributed by atoms with van der Waals surface area (Å²) in [5.41, 5.74) is 0. The molecule has 3 rings (SSSR count). The Hall–Kier alpha value is -1.89. The fourth-order valence-corrected chi connectivity index (χ4v) is 3.79. The summed E-state index contributed by atoms with van der Waals surface area (Å²) in [6.07, 6.45) is 6.32. The van der Waals surface area contributed by atoms with Crippen molar-refractivity contribution in [3.05, 3.63) is 18.5 Å². The molecule has 2 saturated heterocycles. The van der Waals surface area contributed by atoms with E-state index in [2.05, 4.69) is 43.8 Å². The molecular weight excluding hydrogens is 326 g/mol. The number of piperazine rings is 1. The van der Waals surface area contributed by atoms with Gasteiger partial charge in [0.2, 0.25) is 5.95 Å². The van der Waals surface area contributed by atoms with Crippen LogP contribution in [-0.4, -0.2) is 84.6 Å². The Bertz CT molecular complexity index is 554. The maximum absolute atomic E-state index is 4.89. The second-order valence-corrected chi connectivity index (χ2v) is 7.31. The van der Waals surface area contributed by atoms with Gasteiger partial charge in [0.15, 0.2) is 5.96 Å². The smallest absolute Gasteiger partial charge is 0.225 e. The second-order valence-electron chi connectivity index (χ2n) is 7.31. The van der Waals surface area contributed by atoms with Gasteiger partial charge in [-0.05, 0) is 38.3 Å². The van der Waals surface area contributed by atoms with Crippen LogP contribution in [-0.2, 0) is 0 Å². The number of likely N-dealkylation sites (tertiary alicyclic amines) is 1. The molecule has 7 nitrogen and oxygen atoms in total. The lowest BCUT2D eigenvalue weighted by Crippen LogP contribution is -2.53. The molecule has 1 atom stereocenters. The zero-order valence-corrected chi connectivity index (χ0v) is 16.3. The number of hydrogen-bond donors (Lipinski definition) is 1. The molecule has 1 unspecified atom stereocenters. The lowest BCUT2D eigenvalue weighted by Gasteiger charge is -2.36. The third kappa shape index (κ3) is 5.30. The van der Waals surface area contributed by atoms with Crippen molar-refractivity contribution in [2.75, 3.05) is 63.8 Å². The van der Waals surface area contributed by atoms with E-state index in [9.17, 15) is 0 Å². The largest absolute Gasteiger partial charge is 0.357 e. The number of piperidine rings is 1. The fraction of sp³-hybridized carbons (Fsp3) is 0.737. The third-order valence-corrected chi connectivity index (χ3v) is 5.17. The van der Waals surface area contributed by atoms with E-state index in [1.807, 2.05) is 18.5 Å². The van der Waals surface area contributed by atoms with Crippen molar-refractivity contribution in [3.8, 4) is 0 Å². The first-order valence-corrected chi connectivity index (χ1v) is 10.0. The van der Waals surface area contributed by atoms with Crippen LogP contribution >= 0.6 is 0 Å². The highest BCUT2D eigenvalue weighted by molar-refractivity contribution is 5.80. The van der Waals surface area contributed by atoms with Crippen molar-refractivity contribution in [1.29, 1.82) is 0 Å². The number of rotatable bonds is 5. The van der Waals surface area contributed by atoms with E-state index in [0.717, 1.165) is 63.6 Å². The van der Waals surface area contributed by atoms with Gasteiger partial charge >= 0.3 is 0 Å². The Morgan fingerprint density at radius 1 is 1.19 bits per heavy atom. The van der Waals surface area contributed by atoms with E-state index >= 15 is 0 Å². The highest BCUT2D eigenvalue weighted by Gasteiger charge is 2.21. The molecule has 0 saturated carbocycles. The van der Waals surface area contributed by atoms with Gasteiger partial charge in [-0.15, -0.1) is 0 Å². The first-order valence-electron chi connectivity index (χ1n) is 10.0. The number of nitrogens with one attached hydrogen (secondary N) is 1. The maximum Gasteiger partial charge on any atom is 0.225 e. The highest BCUT2D eigenvalue weighted by Crippen LogP contribution is 2.15. The summed E-state index contributed by atoms with van der Waals surface area (Å²) in [7, 11) is 0. The second kappa shape index (κ2) is 9.71. The van der Waals surface area contributed by atoms with Gasteiger partial charge in [-0.25, -0.2) is 9.97 Å². The third-order valence-electron chi connectivity index (χ3n) is 5.17. The Labute approximate surface area is 157 Å². The summed E-state index contributed by atoms with van der Waals surface area (Å²) in [4.78, 5) is 20.8. The molecule has 3 heterocycles. The topological polar surface area (TPSA) is 59.9 Å². The SMILES string of the molecule is CCNC(=NCCN1CCCC(C)C1)N1CCN(c2ncccn2)CC1. The molecule has 0 amide bonds. The minimum Gasteiger partial charge on any atom is -0.357 e. The summed E-state index contributed by atoms with van der Waals surface area (Å²) in [5.74, 6) is 2.70. The first kappa shape index (κ1) is 18.9. The number of nitrogens with zero attached hydrogens (tertiary/aromatic N) is 6. The normalized spacial score (nSPS) is 22.5. The summed E-state index contributed by atoms with van der Waals surface area (Å²) >= 11 is 0. The maximum atomic E-state index is 4.89. The van der Waals surface area contributed by atoms with Gasteiger partial charge < -0.3 is 20.0 Å². The lowest BCUT2D eigenvalue weighted by molar-refractivity contribution is 0.188. The minimum absolute atomic E-state index is 0.827. The molecule has 2 fully saturated rings. The number of aliphatic imine (C=N–C) groups is 1. The standard InChI is InChI=1S/C19H33N7/c1-3-20-18(23-9-11-24-10-4-6-17(2)16-24)25-12-14-26(15-13-25)19-21-7-5-8-22-19/h5,7-8,17H,3-4,6,9-16H2,1-2H3,(H,20,23). The zero-order chi connectivity index (χ0) is 18.2. The van der Waals surface area contributed by atoms with Crippen LogP contribution < -0.4 is 10.2 Å². The quantitative estimate of drug-likeness (QED) is 0.632. The Balaban J connectivity index is 1.49. The highest BCUT2D eigenvalue weighted by atomic mass is 15.4. The molecule has 0 radical (unpaired) electrons. The average molecular weight is 360 g/mol. The van der Waals surface area contributed by atoms with Crippen LogP contribution in [0.15, 0.2) is 23.5 Å². The molecule has 144 valence electrons. The summed E-state index contributed by atoms with van der Waals surface area (Å²) in [5, 5.41) is 3.46. The van der Waals surface area contributed by atoms with Crippen molar-refractivity contribution in [3.63, 3.8) is 0 Å². The molecule has 7 heteroatoms. The van der Waals surface area contributed by atoms with Crippen molar-refractivity contribution >= 4 is 11.9 Å². The number of guanidine groups is 1. The van der Waals surface area contributed by atoms with E-state index in [-0.39, 0.29) is 0 Å². The monoisotopic (exact) mass is 359 g/mol.